The maximum atomic E-state index is 5.39. The second kappa shape index (κ2) is 10.1. The SMILES string of the molecule is COc1ccc(/C(Sc2ccccc2)=C(/c2ccccc2)c2ccc(OC)cc2)cc1. The zero-order valence-electron chi connectivity index (χ0n) is 17.6. The molecule has 0 unspecified atom stereocenters. The van der Waals surface area contributed by atoms with Crippen LogP contribution in [0.3, 0.4) is 0 Å². The molecule has 31 heavy (non-hydrogen) atoms. The van der Waals surface area contributed by atoms with Crippen molar-refractivity contribution < 1.29 is 9.47 Å². The van der Waals surface area contributed by atoms with Gasteiger partial charge in [-0.2, -0.15) is 0 Å². The first-order valence-corrected chi connectivity index (χ1v) is 10.9. The van der Waals surface area contributed by atoms with Gasteiger partial charge in [-0.15, -0.1) is 0 Å². The zero-order chi connectivity index (χ0) is 21.5. The second-order valence-corrected chi connectivity index (χ2v) is 8.03. The van der Waals surface area contributed by atoms with E-state index in [1.807, 2.05) is 36.4 Å². The predicted octanol–water partition coefficient (Wildman–Crippen LogP) is 7.41. The van der Waals surface area contributed by atoms with Gasteiger partial charge >= 0.3 is 0 Å². The molecule has 4 aromatic rings. The highest BCUT2D eigenvalue weighted by Crippen LogP contribution is 2.43. The molecule has 0 bridgehead atoms. The van der Waals surface area contributed by atoms with Crippen molar-refractivity contribution in [3.63, 3.8) is 0 Å². The van der Waals surface area contributed by atoms with Gasteiger partial charge in [0.25, 0.3) is 0 Å². The molecule has 0 spiro atoms. The van der Waals surface area contributed by atoms with Crippen molar-refractivity contribution in [3.05, 3.63) is 126 Å². The van der Waals surface area contributed by atoms with E-state index >= 15 is 0 Å². The Morgan fingerprint density at radius 3 is 1.48 bits per heavy atom. The molecule has 0 aliphatic rings. The van der Waals surface area contributed by atoms with Gasteiger partial charge in [-0.05, 0) is 53.1 Å². The van der Waals surface area contributed by atoms with Crippen molar-refractivity contribution in [1.29, 1.82) is 0 Å². The van der Waals surface area contributed by atoms with Crippen LogP contribution in [0.4, 0.5) is 0 Å². The van der Waals surface area contributed by atoms with Gasteiger partial charge in [0.1, 0.15) is 11.5 Å². The van der Waals surface area contributed by atoms with Crippen LogP contribution < -0.4 is 9.47 Å². The summed E-state index contributed by atoms with van der Waals surface area (Å²) in [5, 5.41) is 0. The summed E-state index contributed by atoms with van der Waals surface area (Å²) in [5.41, 5.74) is 4.63. The summed E-state index contributed by atoms with van der Waals surface area (Å²) in [4.78, 5) is 2.38. The molecule has 0 fully saturated rings. The third kappa shape index (κ3) is 5.01. The highest BCUT2D eigenvalue weighted by atomic mass is 32.2. The molecule has 4 aromatic carbocycles. The molecular formula is C28H24O2S. The second-order valence-electron chi connectivity index (χ2n) is 6.94. The molecule has 3 heteroatoms. The molecule has 4 rings (SSSR count). The van der Waals surface area contributed by atoms with Crippen LogP contribution in [0.25, 0.3) is 10.5 Å². The van der Waals surface area contributed by atoms with Crippen molar-refractivity contribution in [3.8, 4) is 11.5 Å². The first-order chi connectivity index (χ1) is 15.3. The number of methoxy groups -OCH3 is 2. The molecule has 0 amide bonds. The molecule has 0 N–H and O–H groups in total. The minimum Gasteiger partial charge on any atom is -0.497 e. The minimum absolute atomic E-state index is 0.845. The van der Waals surface area contributed by atoms with Crippen LogP contribution >= 0.6 is 11.8 Å². The van der Waals surface area contributed by atoms with Gasteiger partial charge in [0.05, 0.1) is 14.2 Å². The summed E-state index contributed by atoms with van der Waals surface area (Å²) in [7, 11) is 3.38. The van der Waals surface area contributed by atoms with Crippen LogP contribution in [-0.2, 0) is 0 Å². The molecule has 2 nitrogen and oxygen atoms in total. The van der Waals surface area contributed by atoms with E-state index in [4.69, 9.17) is 9.47 Å². The molecule has 0 radical (unpaired) electrons. The van der Waals surface area contributed by atoms with E-state index in [9.17, 15) is 0 Å². The molecule has 0 aliphatic carbocycles. The van der Waals surface area contributed by atoms with Crippen LogP contribution in [0.5, 0.6) is 11.5 Å². The molecule has 0 atom stereocenters. The van der Waals surface area contributed by atoms with Crippen LogP contribution in [0.2, 0.25) is 0 Å². The molecule has 0 aromatic heterocycles. The van der Waals surface area contributed by atoms with Gasteiger partial charge in [0.15, 0.2) is 0 Å². The van der Waals surface area contributed by atoms with Gasteiger partial charge in [-0.25, -0.2) is 0 Å². The first kappa shape index (κ1) is 20.8. The Morgan fingerprint density at radius 2 is 0.968 bits per heavy atom. The quantitative estimate of drug-likeness (QED) is 0.227. The van der Waals surface area contributed by atoms with Crippen LogP contribution in [0, 0.1) is 0 Å². The normalized spacial score (nSPS) is 11.5. The van der Waals surface area contributed by atoms with E-state index < -0.39 is 0 Å². The number of hydrogen-bond donors (Lipinski definition) is 0. The fourth-order valence-electron chi connectivity index (χ4n) is 3.39. The number of hydrogen-bond acceptors (Lipinski definition) is 3. The van der Waals surface area contributed by atoms with Crippen molar-refractivity contribution >= 4 is 22.2 Å². The molecule has 0 saturated heterocycles. The Labute approximate surface area is 188 Å². The predicted molar refractivity (Wildman–Crippen MR) is 131 cm³/mol. The monoisotopic (exact) mass is 424 g/mol. The Hall–Kier alpha value is -3.43. The van der Waals surface area contributed by atoms with E-state index in [2.05, 4.69) is 72.8 Å². The van der Waals surface area contributed by atoms with E-state index in [-0.39, 0.29) is 0 Å². The summed E-state index contributed by atoms with van der Waals surface area (Å²) in [5.74, 6) is 1.69. The largest absolute Gasteiger partial charge is 0.497 e. The third-order valence-electron chi connectivity index (χ3n) is 4.98. The van der Waals surface area contributed by atoms with Crippen molar-refractivity contribution in [2.45, 2.75) is 4.90 Å². The number of rotatable bonds is 7. The lowest BCUT2D eigenvalue weighted by atomic mass is 9.95. The molecule has 0 heterocycles. The summed E-state index contributed by atoms with van der Waals surface area (Å²) in [6.45, 7) is 0. The fourth-order valence-corrected chi connectivity index (χ4v) is 4.52. The summed E-state index contributed by atoms with van der Waals surface area (Å²) in [6.07, 6.45) is 0. The number of thioether (sulfide) groups is 1. The average molecular weight is 425 g/mol. The molecule has 0 aliphatic heterocycles. The van der Waals surface area contributed by atoms with Gasteiger partial charge in [0.2, 0.25) is 0 Å². The van der Waals surface area contributed by atoms with Gasteiger partial charge in [-0.1, -0.05) is 84.6 Å². The maximum absolute atomic E-state index is 5.39. The van der Waals surface area contributed by atoms with Crippen molar-refractivity contribution in [1.82, 2.24) is 0 Å². The lowest BCUT2D eigenvalue weighted by Gasteiger charge is -2.17. The molecule has 154 valence electrons. The molecule has 0 saturated carbocycles. The third-order valence-corrected chi connectivity index (χ3v) is 6.14. The Bertz CT molecular complexity index is 1130. The van der Waals surface area contributed by atoms with E-state index in [0.717, 1.165) is 22.6 Å². The Kier molecular flexibility index (Phi) is 6.75. The van der Waals surface area contributed by atoms with Gasteiger partial charge < -0.3 is 9.47 Å². The summed E-state index contributed by atoms with van der Waals surface area (Å²) < 4.78 is 10.8. The maximum Gasteiger partial charge on any atom is 0.118 e. The standard InChI is InChI=1S/C28H24O2S/c1-29-24-17-13-22(14-18-24)27(21-9-5-3-6-10-21)28(31-26-11-7-4-8-12-26)23-15-19-25(30-2)20-16-23/h3-20H,1-2H3/b28-27+. The fraction of sp³-hybridized carbons (Fsp3) is 0.0714. The van der Waals surface area contributed by atoms with Crippen LogP contribution in [0.15, 0.2) is 114 Å². The van der Waals surface area contributed by atoms with Crippen LogP contribution in [-0.4, -0.2) is 14.2 Å². The summed E-state index contributed by atoms with van der Waals surface area (Å²) in [6, 6.07) is 37.5. The number of benzene rings is 4. The topological polar surface area (TPSA) is 18.5 Å². The number of ether oxygens (including phenoxy) is 2. The smallest absolute Gasteiger partial charge is 0.118 e. The molecular weight excluding hydrogens is 400 g/mol. The lowest BCUT2D eigenvalue weighted by molar-refractivity contribution is 0.414. The van der Waals surface area contributed by atoms with Crippen LogP contribution in [0.1, 0.15) is 16.7 Å². The van der Waals surface area contributed by atoms with E-state index in [1.54, 1.807) is 26.0 Å². The Balaban J connectivity index is 1.95. The van der Waals surface area contributed by atoms with Gasteiger partial charge in [-0.3, -0.25) is 0 Å². The zero-order valence-corrected chi connectivity index (χ0v) is 18.4. The average Bonchev–Trinajstić information content (AvgIpc) is 2.85. The first-order valence-electron chi connectivity index (χ1n) is 10.1. The van der Waals surface area contributed by atoms with E-state index in [1.165, 1.54) is 20.9 Å². The summed E-state index contributed by atoms with van der Waals surface area (Å²) >= 11 is 1.77. The van der Waals surface area contributed by atoms with Crippen molar-refractivity contribution in [2.24, 2.45) is 0 Å². The van der Waals surface area contributed by atoms with Gasteiger partial charge in [0, 0.05) is 15.4 Å². The highest BCUT2D eigenvalue weighted by Gasteiger charge is 2.16. The van der Waals surface area contributed by atoms with E-state index in [0.29, 0.717) is 0 Å². The minimum atomic E-state index is 0.845. The Morgan fingerprint density at radius 1 is 0.516 bits per heavy atom. The highest BCUT2D eigenvalue weighted by molar-refractivity contribution is 8.08. The lowest BCUT2D eigenvalue weighted by Crippen LogP contribution is -1.94. The van der Waals surface area contributed by atoms with Crippen molar-refractivity contribution in [2.75, 3.05) is 14.2 Å².